The first-order valence-electron chi connectivity index (χ1n) is 10.5. The molecule has 5 rings (SSSR count). The van der Waals surface area contributed by atoms with Gasteiger partial charge in [0.25, 0.3) is 0 Å². The zero-order valence-electron chi connectivity index (χ0n) is 17.9. The molecule has 1 saturated carbocycles. The Morgan fingerprint density at radius 1 is 1.27 bits per heavy atom. The molecule has 0 unspecified atom stereocenters. The van der Waals surface area contributed by atoms with E-state index in [0.29, 0.717) is 46.8 Å². The van der Waals surface area contributed by atoms with Crippen LogP contribution in [0.5, 0.6) is 5.75 Å². The second kappa shape index (κ2) is 7.82. The second-order valence-corrected chi connectivity index (χ2v) is 8.10. The first-order chi connectivity index (χ1) is 15.9. The Kier molecular flexibility index (Phi) is 4.94. The number of ether oxygens (including phenoxy) is 1. The maximum absolute atomic E-state index is 12.0. The summed E-state index contributed by atoms with van der Waals surface area (Å²) in [5, 5.41) is 27.9. The summed E-state index contributed by atoms with van der Waals surface area (Å²) >= 11 is 0. The minimum Gasteiger partial charge on any atom is -0.494 e. The standard InChI is InChI=1S/C23H22N6O4/c1-33-17-7-3-6-16-19(26-21(24)27-20(16)17)14-11-25-28(12-14)13-15-5-2-8-18(29(15)22(30)31)23(32)9-4-10-23/h2-3,5-8,11-12,32H,4,9-10,13H2,1H3,(H2-,24,26,27,30,31). The summed E-state index contributed by atoms with van der Waals surface area (Å²) in [4.78, 5) is 20.7. The van der Waals surface area contributed by atoms with Crippen LogP contribution in [-0.4, -0.2) is 38.1 Å². The van der Waals surface area contributed by atoms with E-state index in [4.69, 9.17) is 10.5 Å². The first kappa shape index (κ1) is 20.8. The van der Waals surface area contributed by atoms with Crippen molar-refractivity contribution in [2.24, 2.45) is 0 Å². The molecular weight excluding hydrogens is 424 g/mol. The molecule has 168 valence electrons. The number of aromatic nitrogens is 5. The summed E-state index contributed by atoms with van der Waals surface area (Å²) in [6.45, 7) is 0.152. The van der Waals surface area contributed by atoms with Crippen molar-refractivity contribution in [2.75, 3.05) is 12.8 Å². The summed E-state index contributed by atoms with van der Waals surface area (Å²) in [6, 6.07) is 10.5. The van der Waals surface area contributed by atoms with Crippen LogP contribution in [0.2, 0.25) is 0 Å². The van der Waals surface area contributed by atoms with Crippen LogP contribution in [0.25, 0.3) is 22.2 Å². The Morgan fingerprint density at radius 2 is 2.06 bits per heavy atom. The number of para-hydroxylation sites is 1. The molecular formula is C23H22N6O4. The van der Waals surface area contributed by atoms with E-state index in [1.165, 1.54) is 0 Å². The molecule has 3 heterocycles. The molecule has 1 aromatic carbocycles. The van der Waals surface area contributed by atoms with Crippen molar-refractivity contribution in [3.8, 4) is 17.0 Å². The van der Waals surface area contributed by atoms with Gasteiger partial charge in [0.2, 0.25) is 17.3 Å². The van der Waals surface area contributed by atoms with Gasteiger partial charge in [-0.05, 0) is 31.4 Å². The topological polar surface area (TPSA) is 143 Å². The molecule has 0 bridgehead atoms. The average molecular weight is 446 g/mol. The van der Waals surface area contributed by atoms with Crippen molar-refractivity contribution in [1.82, 2.24) is 19.7 Å². The lowest BCUT2D eigenvalue weighted by atomic mass is 9.77. The predicted octanol–water partition coefficient (Wildman–Crippen LogP) is 0.983. The quantitative estimate of drug-likeness (QED) is 0.432. The smallest absolute Gasteiger partial charge is 0.343 e. The number of hydrogen-bond donors (Lipinski definition) is 2. The molecule has 0 aliphatic heterocycles. The highest BCUT2D eigenvalue weighted by molar-refractivity contribution is 5.96. The van der Waals surface area contributed by atoms with Crippen molar-refractivity contribution in [3.05, 3.63) is 60.2 Å². The van der Waals surface area contributed by atoms with Crippen molar-refractivity contribution < 1.29 is 24.3 Å². The summed E-state index contributed by atoms with van der Waals surface area (Å²) in [6.07, 6.45) is 3.87. The largest absolute Gasteiger partial charge is 0.494 e. The summed E-state index contributed by atoms with van der Waals surface area (Å²) in [7, 11) is 1.56. The number of fused-ring (bicyclic) bond motifs is 1. The maximum atomic E-state index is 12.0. The monoisotopic (exact) mass is 446 g/mol. The van der Waals surface area contributed by atoms with E-state index in [2.05, 4.69) is 15.1 Å². The summed E-state index contributed by atoms with van der Waals surface area (Å²) < 4.78 is 8.04. The highest BCUT2D eigenvalue weighted by Crippen LogP contribution is 2.39. The van der Waals surface area contributed by atoms with Gasteiger partial charge in [-0.25, -0.2) is 9.97 Å². The van der Waals surface area contributed by atoms with E-state index in [-0.39, 0.29) is 12.5 Å². The number of rotatable bonds is 5. The fourth-order valence-electron chi connectivity index (χ4n) is 4.29. The number of nitrogens with two attached hydrogens (primary N) is 1. The summed E-state index contributed by atoms with van der Waals surface area (Å²) in [5.41, 5.74) is 7.41. The predicted molar refractivity (Wildman–Crippen MR) is 116 cm³/mol. The Morgan fingerprint density at radius 3 is 2.76 bits per heavy atom. The van der Waals surface area contributed by atoms with E-state index in [0.717, 1.165) is 16.4 Å². The van der Waals surface area contributed by atoms with Crippen LogP contribution in [0, 0.1) is 0 Å². The average Bonchev–Trinajstić information content (AvgIpc) is 3.24. The van der Waals surface area contributed by atoms with E-state index in [1.807, 2.05) is 12.1 Å². The molecule has 10 heteroatoms. The molecule has 0 radical (unpaired) electrons. The second-order valence-electron chi connectivity index (χ2n) is 8.10. The number of hydrogen-bond acceptors (Lipinski definition) is 8. The van der Waals surface area contributed by atoms with Gasteiger partial charge in [0.15, 0.2) is 0 Å². The molecule has 3 N–H and O–H groups in total. The van der Waals surface area contributed by atoms with Crippen LogP contribution in [0.3, 0.4) is 0 Å². The van der Waals surface area contributed by atoms with E-state index >= 15 is 0 Å². The Labute approximate surface area is 188 Å². The molecule has 1 aliphatic rings. The number of benzene rings is 1. The van der Waals surface area contributed by atoms with Crippen LogP contribution < -0.4 is 20.1 Å². The third-order valence-corrected chi connectivity index (χ3v) is 6.07. The highest BCUT2D eigenvalue weighted by Gasteiger charge is 2.44. The van der Waals surface area contributed by atoms with Gasteiger partial charge in [0.05, 0.1) is 19.0 Å². The molecule has 4 aromatic rings. The molecule has 0 saturated heterocycles. The van der Waals surface area contributed by atoms with Gasteiger partial charge >= 0.3 is 6.09 Å². The van der Waals surface area contributed by atoms with Crippen LogP contribution in [0.15, 0.2) is 48.8 Å². The zero-order valence-corrected chi connectivity index (χ0v) is 17.9. The van der Waals surface area contributed by atoms with Crippen molar-refractivity contribution >= 4 is 22.9 Å². The number of methoxy groups -OCH3 is 1. The van der Waals surface area contributed by atoms with Crippen molar-refractivity contribution in [3.63, 3.8) is 0 Å². The molecule has 0 amide bonds. The third kappa shape index (κ3) is 3.54. The number of carboxylic acid groups (broad SMARTS) is 1. The molecule has 33 heavy (non-hydrogen) atoms. The fourth-order valence-corrected chi connectivity index (χ4v) is 4.29. The lowest BCUT2D eigenvalue weighted by Gasteiger charge is -2.34. The number of aliphatic hydroxyl groups is 1. The molecule has 10 nitrogen and oxygen atoms in total. The van der Waals surface area contributed by atoms with Crippen LogP contribution in [-0.2, 0) is 12.1 Å². The molecule has 1 aliphatic carbocycles. The number of anilines is 1. The van der Waals surface area contributed by atoms with E-state index in [1.54, 1.807) is 48.5 Å². The number of carbonyl (C=O) groups is 1. The van der Waals surface area contributed by atoms with Crippen LogP contribution in [0.1, 0.15) is 30.7 Å². The Hall–Kier alpha value is -4.05. The molecule has 0 atom stereocenters. The van der Waals surface area contributed by atoms with Gasteiger partial charge in [0.1, 0.15) is 23.4 Å². The SMILES string of the molecule is COc1cccc2c(-c3cnn(Cc4cccc(C5(O)CCC5)[n+]4C(=O)[O-])c3)nc(N)nc12. The zero-order chi connectivity index (χ0) is 23.2. The number of nitrogens with zero attached hydrogens (tertiary/aromatic N) is 5. The molecule has 0 spiro atoms. The van der Waals surface area contributed by atoms with Crippen LogP contribution >= 0.6 is 0 Å². The number of nitrogen functional groups attached to an aromatic ring is 1. The van der Waals surface area contributed by atoms with Gasteiger partial charge < -0.3 is 25.5 Å². The Bertz CT molecular complexity index is 1380. The number of carbonyl (C=O) groups excluding carboxylic acids is 1. The van der Waals surface area contributed by atoms with Gasteiger partial charge in [-0.2, -0.15) is 5.10 Å². The minimum absolute atomic E-state index is 0.103. The Balaban J connectivity index is 1.54. The fraction of sp³-hybridized carbons (Fsp3) is 0.261. The minimum atomic E-state index is -1.39. The van der Waals surface area contributed by atoms with E-state index < -0.39 is 11.7 Å². The van der Waals surface area contributed by atoms with Gasteiger partial charge in [0, 0.05) is 29.3 Å². The molecule has 1 fully saturated rings. The normalized spacial score (nSPS) is 14.7. The highest BCUT2D eigenvalue weighted by atomic mass is 16.5. The lowest BCUT2D eigenvalue weighted by Crippen LogP contribution is -2.61. The first-order valence-corrected chi connectivity index (χ1v) is 10.5. The maximum Gasteiger partial charge on any atom is 0.343 e. The third-order valence-electron chi connectivity index (χ3n) is 6.07. The van der Waals surface area contributed by atoms with Crippen LogP contribution in [0.4, 0.5) is 10.7 Å². The van der Waals surface area contributed by atoms with Gasteiger partial charge in [-0.15, -0.1) is 4.57 Å². The van der Waals surface area contributed by atoms with Gasteiger partial charge in [-0.3, -0.25) is 4.68 Å². The number of pyridine rings is 1. The van der Waals surface area contributed by atoms with Gasteiger partial charge in [-0.1, -0.05) is 12.1 Å². The van der Waals surface area contributed by atoms with Crippen molar-refractivity contribution in [1.29, 1.82) is 0 Å². The van der Waals surface area contributed by atoms with Crippen molar-refractivity contribution in [2.45, 2.75) is 31.4 Å². The van der Waals surface area contributed by atoms with E-state index in [9.17, 15) is 15.0 Å². The molecule has 3 aromatic heterocycles. The summed E-state index contributed by atoms with van der Waals surface area (Å²) in [5.74, 6) is 0.682. The lowest BCUT2D eigenvalue weighted by molar-refractivity contribution is -0.653.